The Kier molecular flexibility index (Phi) is 9.33. The van der Waals surface area contributed by atoms with E-state index in [1.807, 2.05) is 0 Å². The van der Waals surface area contributed by atoms with Crippen LogP contribution in [0.25, 0.3) is 0 Å². The number of rotatable bonds is 8. The number of thioether (sulfide) groups is 1. The van der Waals surface area contributed by atoms with Gasteiger partial charge in [0.2, 0.25) is 0 Å². The third-order valence-corrected chi connectivity index (χ3v) is 5.42. The standard InChI is InChI=1S/C21H26O10S/c1-11(22)27-10-17-18(28-12(2)23)19(29-13(3)24)20(30-14(4)25)21(31-17)32-16-8-6-15(26-5)7-9-16/h6-9,17-21H,10H2,1-5H3/t17-,18-,19+,20+,21-/m1/s1. The van der Waals surface area contributed by atoms with Gasteiger partial charge in [0, 0.05) is 32.6 Å². The molecule has 1 aromatic carbocycles. The highest BCUT2D eigenvalue weighted by molar-refractivity contribution is 7.99. The highest BCUT2D eigenvalue weighted by Crippen LogP contribution is 2.38. The lowest BCUT2D eigenvalue weighted by Gasteiger charge is -2.44. The molecule has 0 unspecified atom stereocenters. The van der Waals surface area contributed by atoms with Crippen LogP contribution in [-0.2, 0) is 42.9 Å². The van der Waals surface area contributed by atoms with Crippen molar-refractivity contribution in [2.24, 2.45) is 0 Å². The van der Waals surface area contributed by atoms with Gasteiger partial charge in [-0.15, -0.1) is 0 Å². The van der Waals surface area contributed by atoms with E-state index in [4.69, 9.17) is 28.4 Å². The lowest BCUT2D eigenvalue weighted by atomic mass is 9.99. The zero-order valence-corrected chi connectivity index (χ0v) is 19.2. The maximum Gasteiger partial charge on any atom is 0.303 e. The summed E-state index contributed by atoms with van der Waals surface area (Å²) in [6.45, 7) is 4.51. The molecule has 1 aromatic rings. The van der Waals surface area contributed by atoms with Gasteiger partial charge in [0.05, 0.1) is 7.11 Å². The SMILES string of the molecule is COc1ccc(S[C@H]2O[C@H](COC(C)=O)[C@@H](OC(C)=O)[C@H](OC(C)=O)[C@@H]2OC(C)=O)cc1. The molecule has 1 fully saturated rings. The summed E-state index contributed by atoms with van der Waals surface area (Å²) >= 11 is 1.20. The summed E-state index contributed by atoms with van der Waals surface area (Å²) in [5.74, 6) is -1.91. The summed E-state index contributed by atoms with van der Waals surface area (Å²) in [6, 6.07) is 7.04. The van der Waals surface area contributed by atoms with Crippen LogP contribution in [0.2, 0.25) is 0 Å². The van der Waals surface area contributed by atoms with Gasteiger partial charge in [-0.1, -0.05) is 11.8 Å². The Bertz CT molecular complexity index is 824. The highest BCUT2D eigenvalue weighted by Gasteiger charge is 2.52. The second kappa shape index (κ2) is 11.7. The van der Waals surface area contributed by atoms with E-state index in [0.29, 0.717) is 5.75 Å². The molecular formula is C21H26O10S. The minimum atomic E-state index is -1.19. The maximum absolute atomic E-state index is 11.8. The molecule has 32 heavy (non-hydrogen) atoms. The first-order valence-corrected chi connectivity index (χ1v) is 10.6. The lowest BCUT2D eigenvalue weighted by molar-refractivity contribution is -0.237. The predicted molar refractivity (Wildman–Crippen MR) is 111 cm³/mol. The van der Waals surface area contributed by atoms with E-state index in [1.54, 1.807) is 31.4 Å². The van der Waals surface area contributed by atoms with Crippen molar-refractivity contribution in [3.63, 3.8) is 0 Å². The number of carbonyl (C=O) groups is 4. The number of esters is 4. The third-order valence-electron chi connectivity index (χ3n) is 4.26. The van der Waals surface area contributed by atoms with E-state index >= 15 is 0 Å². The summed E-state index contributed by atoms with van der Waals surface area (Å²) in [6.07, 6.45) is -4.45. The molecule has 0 N–H and O–H groups in total. The summed E-state index contributed by atoms with van der Waals surface area (Å²) in [5, 5.41) is 0. The summed E-state index contributed by atoms with van der Waals surface area (Å²) in [4.78, 5) is 47.5. The average Bonchev–Trinajstić information content (AvgIpc) is 2.70. The first-order valence-electron chi connectivity index (χ1n) is 9.72. The summed E-state index contributed by atoms with van der Waals surface area (Å²) in [5.41, 5.74) is -0.871. The fourth-order valence-corrected chi connectivity index (χ4v) is 4.18. The molecule has 0 saturated carbocycles. The van der Waals surface area contributed by atoms with Gasteiger partial charge in [-0.3, -0.25) is 19.2 Å². The van der Waals surface area contributed by atoms with Crippen LogP contribution in [0.3, 0.4) is 0 Å². The van der Waals surface area contributed by atoms with Gasteiger partial charge in [0.1, 0.15) is 23.9 Å². The van der Waals surface area contributed by atoms with Crippen LogP contribution in [0.5, 0.6) is 5.75 Å². The van der Waals surface area contributed by atoms with E-state index in [0.717, 1.165) is 4.90 Å². The minimum Gasteiger partial charge on any atom is -0.497 e. The molecule has 5 atom stereocenters. The topological polar surface area (TPSA) is 124 Å². The zero-order valence-electron chi connectivity index (χ0n) is 18.4. The molecule has 0 bridgehead atoms. The van der Waals surface area contributed by atoms with E-state index in [1.165, 1.54) is 39.5 Å². The quantitative estimate of drug-likeness (QED) is 0.408. The fourth-order valence-electron chi connectivity index (χ4n) is 3.07. The molecule has 1 aliphatic rings. The molecule has 0 amide bonds. The van der Waals surface area contributed by atoms with Crippen molar-refractivity contribution in [1.29, 1.82) is 0 Å². The normalized spacial score (nSPS) is 24.7. The summed E-state index contributed by atoms with van der Waals surface area (Å²) < 4.78 is 32.4. The van der Waals surface area contributed by atoms with Crippen LogP contribution >= 0.6 is 11.8 Å². The first kappa shape index (κ1) is 25.5. The van der Waals surface area contributed by atoms with Crippen LogP contribution in [-0.4, -0.2) is 67.4 Å². The number of carbonyl (C=O) groups excluding carboxylic acids is 4. The van der Waals surface area contributed by atoms with Gasteiger partial charge in [0.25, 0.3) is 0 Å². The molecule has 0 aliphatic carbocycles. The molecule has 11 heteroatoms. The van der Waals surface area contributed by atoms with Gasteiger partial charge in [-0.05, 0) is 24.3 Å². The number of ether oxygens (including phenoxy) is 6. The molecule has 1 heterocycles. The van der Waals surface area contributed by atoms with Crippen molar-refractivity contribution in [1.82, 2.24) is 0 Å². The highest BCUT2D eigenvalue weighted by atomic mass is 32.2. The van der Waals surface area contributed by atoms with Crippen molar-refractivity contribution in [2.75, 3.05) is 13.7 Å². The van der Waals surface area contributed by atoms with Crippen LogP contribution < -0.4 is 4.74 Å². The molecule has 0 aromatic heterocycles. The first-order chi connectivity index (χ1) is 15.1. The number of benzene rings is 1. The number of hydrogen-bond acceptors (Lipinski definition) is 11. The molecule has 2 rings (SSSR count). The van der Waals surface area contributed by atoms with Gasteiger partial charge in [0.15, 0.2) is 18.3 Å². The molecule has 10 nitrogen and oxygen atoms in total. The lowest BCUT2D eigenvalue weighted by Crippen LogP contribution is -2.61. The van der Waals surface area contributed by atoms with E-state index < -0.39 is 53.7 Å². The fraction of sp³-hybridized carbons (Fsp3) is 0.524. The Hall–Kier alpha value is -2.79. The van der Waals surface area contributed by atoms with Gasteiger partial charge in [-0.2, -0.15) is 0 Å². The van der Waals surface area contributed by atoms with E-state index in [-0.39, 0.29) is 6.61 Å². The minimum absolute atomic E-state index is 0.266. The van der Waals surface area contributed by atoms with Crippen molar-refractivity contribution in [2.45, 2.75) is 62.4 Å². The second-order valence-electron chi connectivity index (χ2n) is 6.86. The number of hydrogen-bond donors (Lipinski definition) is 0. The Morgan fingerprint density at radius 1 is 0.812 bits per heavy atom. The molecule has 1 saturated heterocycles. The molecular weight excluding hydrogens is 444 g/mol. The monoisotopic (exact) mass is 470 g/mol. The Morgan fingerprint density at radius 2 is 1.34 bits per heavy atom. The van der Waals surface area contributed by atoms with Gasteiger partial charge in [-0.25, -0.2) is 0 Å². The summed E-state index contributed by atoms with van der Waals surface area (Å²) in [7, 11) is 1.54. The predicted octanol–water partition coefficient (Wildman–Crippen LogP) is 1.87. The van der Waals surface area contributed by atoms with Crippen LogP contribution in [0.15, 0.2) is 29.2 Å². The molecule has 0 spiro atoms. The van der Waals surface area contributed by atoms with Crippen LogP contribution in [0, 0.1) is 0 Å². The average molecular weight is 470 g/mol. The maximum atomic E-state index is 11.8. The largest absolute Gasteiger partial charge is 0.497 e. The Labute approximate surface area is 189 Å². The number of methoxy groups -OCH3 is 1. The van der Waals surface area contributed by atoms with Crippen molar-refractivity contribution >= 4 is 35.6 Å². The van der Waals surface area contributed by atoms with E-state index in [2.05, 4.69) is 0 Å². The van der Waals surface area contributed by atoms with Gasteiger partial charge >= 0.3 is 23.9 Å². The molecule has 0 radical (unpaired) electrons. The Balaban J connectivity index is 2.42. The van der Waals surface area contributed by atoms with Gasteiger partial charge < -0.3 is 28.4 Å². The van der Waals surface area contributed by atoms with Crippen molar-refractivity contribution < 1.29 is 47.6 Å². The van der Waals surface area contributed by atoms with E-state index in [9.17, 15) is 19.2 Å². The van der Waals surface area contributed by atoms with Crippen molar-refractivity contribution in [3.8, 4) is 5.75 Å². The zero-order chi connectivity index (χ0) is 23.8. The van der Waals surface area contributed by atoms with Crippen molar-refractivity contribution in [3.05, 3.63) is 24.3 Å². The smallest absolute Gasteiger partial charge is 0.303 e. The second-order valence-corrected chi connectivity index (χ2v) is 8.03. The molecule has 1 aliphatic heterocycles. The van der Waals surface area contributed by atoms with Crippen LogP contribution in [0.1, 0.15) is 27.7 Å². The Morgan fingerprint density at radius 3 is 1.84 bits per heavy atom. The third kappa shape index (κ3) is 7.41. The van der Waals surface area contributed by atoms with Crippen LogP contribution in [0.4, 0.5) is 0 Å². The molecule has 176 valence electrons.